The fourth-order valence-corrected chi connectivity index (χ4v) is 3.02. The van der Waals surface area contributed by atoms with Gasteiger partial charge in [0.25, 0.3) is 0 Å². The Bertz CT molecular complexity index is 422. The Labute approximate surface area is 124 Å². The second kappa shape index (κ2) is 7.09. The van der Waals surface area contributed by atoms with Crippen LogP contribution in [0, 0.1) is 6.92 Å². The fourth-order valence-electron chi connectivity index (χ4n) is 3.02. The molecule has 0 aromatic heterocycles. The monoisotopic (exact) mass is 275 g/mol. The highest BCUT2D eigenvalue weighted by Gasteiger charge is 2.21. The van der Waals surface area contributed by atoms with Crippen molar-refractivity contribution in [1.29, 1.82) is 0 Å². The number of rotatable bonds is 5. The van der Waals surface area contributed by atoms with Gasteiger partial charge in [-0.2, -0.15) is 0 Å². The van der Waals surface area contributed by atoms with Crippen LogP contribution in [-0.4, -0.2) is 44.2 Å². The first-order valence-corrected chi connectivity index (χ1v) is 7.88. The van der Waals surface area contributed by atoms with Gasteiger partial charge in [0.05, 0.1) is 0 Å². The molecule has 1 atom stereocenters. The highest BCUT2D eigenvalue weighted by molar-refractivity contribution is 5.55. The van der Waals surface area contributed by atoms with Crippen molar-refractivity contribution in [2.45, 2.75) is 39.8 Å². The first-order valence-electron chi connectivity index (χ1n) is 7.88. The van der Waals surface area contributed by atoms with Crippen molar-refractivity contribution in [3.8, 4) is 0 Å². The van der Waals surface area contributed by atoms with Crippen molar-refractivity contribution >= 4 is 5.69 Å². The lowest BCUT2D eigenvalue weighted by atomic mass is 10.1. The molecule has 0 aliphatic carbocycles. The zero-order valence-corrected chi connectivity index (χ0v) is 13.4. The van der Waals surface area contributed by atoms with Gasteiger partial charge >= 0.3 is 0 Å². The summed E-state index contributed by atoms with van der Waals surface area (Å²) < 4.78 is 0. The lowest BCUT2D eigenvalue weighted by Gasteiger charge is -2.39. The first-order chi connectivity index (χ1) is 9.65. The Kier molecular flexibility index (Phi) is 5.44. The summed E-state index contributed by atoms with van der Waals surface area (Å²) in [5.41, 5.74) is 4.18. The van der Waals surface area contributed by atoms with Gasteiger partial charge in [-0.05, 0) is 38.9 Å². The molecule has 20 heavy (non-hydrogen) atoms. The van der Waals surface area contributed by atoms with E-state index in [1.165, 1.54) is 36.3 Å². The fraction of sp³-hybridized carbons (Fsp3) is 0.647. The van der Waals surface area contributed by atoms with Gasteiger partial charge in [-0.3, -0.25) is 4.90 Å². The molecule has 1 aliphatic rings. The van der Waals surface area contributed by atoms with Gasteiger partial charge < -0.3 is 10.2 Å². The highest BCUT2D eigenvalue weighted by atomic mass is 15.3. The van der Waals surface area contributed by atoms with Crippen LogP contribution in [0.5, 0.6) is 0 Å². The number of nitrogens with one attached hydrogen (secondary N) is 1. The van der Waals surface area contributed by atoms with Crippen molar-refractivity contribution in [3.63, 3.8) is 0 Å². The summed E-state index contributed by atoms with van der Waals surface area (Å²) in [7, 11) is 2.02. The molecule has 0 amide bonds. The average Bonchev–Trinajstić information content (AvgIpc) is 2.47. The zero-order valence-electron chi connectivity index (χ0n) is 13.4. The van der Waals surface area contributed by atoms with Crippen LogP contribution in [-0.2, 0) is 6.54 Å². The summed E-state index contributed by atoms with van der Waals surface area (Å²) >= 11 is 0. The summed E-state index contributed by atoms with van der Waals surface area (Å²) in [5.74, 6) is 0. The molecule has 1 unspecified atom stereocenters. The molecule has 0 bridgehead atoms. The maximum absolute atomic E-state index is 3.29. The number of aryl methyl sites for hydroxylation is 1. The van der Waals surface area contributed by atoms with Crippen LogP contribution >= 0.6 is 0 Å². The van der Waals surface area contributed by atoms with E-state index in [1.807, 2.05) is 7.05 Å². The second-order valence-electron chi connectivity index (χ2n) is 5.94. The van der Waals surface area contributed by atoms with E-state index in [2.05, 4.69) is 54.1 Å². The molecule has 1 heterocycles. The van der Waals surface area contributed by atoms with Crippen LogP contribution in [0.25, 0.3) is 0 Å². The van der Waals surface area contributed by atoms with E-state index in [-0.39, 0.29) is 0 Å². The lowest BCUT2D eigenvalue weighted by molar-refractivity contribution is 0.192. The predicted octanol–water partition coefficient (Wildman–Crippen LogP) is 2.63. The standard InChI is InChI=1S/C17H29N3/c1-5-15(3)19-8-10-20(11-9-19)17-7-6-14(2)12-16(17)13-18-4/h6-7,12,15,18H,5,8-11,13H2,1-4H3. The number of benzene rings is 1. The van der Waals surface area contributed by atoms with Crippen LogP contribution in [0.2, 0.25) is 0 Å². The molecule has 1 saturated heterocycles. The van der Waals surface area contributed by atoms with Gasteiger partial charge in [-0.15, -0.1) is 0 Å². The number of hydrogen-bond donors (Lipinski definition) is 1. The van der Waals surface area contributed by atoms with Crippen molar-refractivity contribution in [2.75, 3.05) is 38.1 Å². The second-order valence-corrected chi connectivity index (χ2v) is 5.94. The maximum atomic E-state index is 3.29. The summed E-state index contributed by atoms with van der Waals surface area (Å²) in [5, 5.41) is 3.29. The van der Waals surface area contributed by atoms with Gasteiger partial charge in [-0.25, -0.2) is 0 Å². The normalized spacial score (nSPS) is 18.3. The van der Waals surface area contributed by atoms with E-state index in [0.29, 0.717) is 6.04 Å². The molecule has 0 spiro atoms. The van der Waals surface area contributed by atoms with E-state index in [4.69, 9.17) is 0 Å². The molecular weight excluding hydrogens is 246 g/mol. The molecule has 1 aromatic rings. The summed E-state index contributed by atoms with van der Waals surface area (Å²) in [6, 6.07) is 7.55. The van der Waals surface area contributed by atoms with Crippen LogP contribution in [0.1, 0.15) is 31.4 Å². The van der Waals surface area contributed by atoms with E-state index >= 15 is 0 Å². The van der Waals surface area contributed by atoms with E-state index < -0.39 is 0 Å². The SMILES string of the molecule is CCC(C)N1CCN(c2ccc(C)cc2CNC)CC1. The zero-order chi connectivity index (χ0) is 14.5. The molecule has 1 aliphatic heterocycles. The van der Waals surface area contributed by atoms with Crippen LogP contribution < -0.4 is 10.2 Å². The minimum Gasteiger partial charge on any atom is -0.369 e. The molecular formula is C17H29N3. The minimum atomic E-state index is 0.715. The first kappa shape index (κ1) is 15.3. The molecule has 1 aromatic carbocycles. The summed E-state index contributed by atoms with van der Waals surface area (Å²) in [6.45, 7) is 12.4. The van der Waals surface area contributed by atoms with Crippen molar-refractivity contribution in [2.24, 2.45) is 0 Å². The number of piperazine rings is 1. The van der Waals surface area contributed by atoms with Crippen molar-refractivity contribution < 1.29 is 0 Å². The Hall–Kier alpha value is -1.06. The Morgan fingerprint density at radius 1 is 1.20 bits per heavy atom. The van der Waals surface area contributed by atoms with Gasteiger partial charge in [0.15, 0.2) is 0 Å². The average molecular weight is 275 g/mol. The summed E-state index contributed by atoms with van der Waals surface area (Å²) in [6.07, 6.45) is 1.25. The molecule has 1 N–H and O–H groups in total. The lowest BCUT2D eigenvalue weighted by Crippen LogP contribution is -2.49. The third-order valence-corrected chi connectivity index (χ3v) is 4.47. The van der Waals surface area contributed by atoms with Crippen molar-refractivity contribution in [3.05, 3.63) is 29.3 Å². The largest absolute Gasteiger partial charge is 0.369 e. The molecule has 0 saturated carbocycles. The van der Waals surface area contributed by atoms with Crippen LogP contribution in [0.4, 0.5) is 5.69 Å². The molecule has 3 heteroatoms. The highest BCUT2D eigenvalue weighted by Crippen LogP contribution is 2.24. The Morgan fingerprint density at radius 2 is 1.90 bits per heavy atom. The quantitative estimate of drug-likeness (QED) is 0.891. The van der Waals surface area contributed by atoms with Gasteiger partial charge in [0.2, 0.25) is 0 Å². The maximum Gasteiger partial charge on any atom is 0.0412 e. The molecule has 1 fully saturated rings. The smallest absolute Gasteiger partial charge is 0.0412 e. The van der Waals surface area contributed by atoms with Gasteiger partial charge in [0, 0.05) is 44.5 Å². The number of anilines is 1. The molecule has 0 radical (unpaired) electrons. The topological polar surface area (TPSA) is 18.5 Å². The third kappa shape index (κ3) is 3.53. The predicted molar refractivity (Wildman–Crippen MR) is 87.5 cm³/mol. The Morgan fingerprint density at radius 3 is 2.50 bits per heavy atom. The van der Waals surface area contributed by atoms with Crippen LogP contribution in [0.3, 0.4) is 0 Å². The molecule has 112 valence electrons. The molecule has 2 rings (SSSR count). The molecule has 3 nitrogen and oxygen atoms in total. The number of hydrogen-bond acceptors (Lipinski definition) is 3. The van der Waals surface area contributed by atoms with E-state index in [1.54, 1.807) is 0 Å². The Balaban J connectivity index is 2.06. The van der Waals surface area contributed by atoms with E-state index in [9.17, 15) is 0 Å². The minimum absolute atomic E-state index is 0.715. The van der Waals surface area contributed by atoms with Crippen LogP contribution in [0.15, 0.2) is 18.2 Å². The van der Waals surface area contributed by atoms with Gasteiger partial charge in [-0.1, -0.05) is 24.6 Å². The summed E-state index contributed by atoms with van der Waals surface area (Å²) in [4.78, 5) is 5.16. The number of nitrogens with zero attached hydrogens (tertiary/aromatic N) is 2. The van der Waals surface area contributed by atoms with Gasteiger partial charge in [0.1, 0.15) is 0 Å². The van der Waals surface area contributed by atoms with Crippen molar-refractivity contribution in [1.82, 2.24) is 10.2 Å². The third-order valence-electron chi connectivity index (χ3n) is 4.47. The van der Waals surface area contributed by atoms with E-state index in [0.717, 1.165) is 19.6 Å².